The molecule has 218 valence electrons. The number of β-lactam (4-membered cyclic amide) rings is 1. The lowest BCUT2D eigenvalue weighted by atomic mass is 10.0. The molecule has 1 fully saturated rings. The first kappa shape index (κ1) is 29.6. The molecule has 2 aliphatic heterocycles. The average molecular weight is 648 g/mol. The van der Waals surface area contributed by atoms with Crippen molar-refractivity contribution in [1.82, 2.24) is 24.6 Å². The number of rotatable bonds is 12. The van der Waals surface area contributed by atoms with Crippen molar-refractivity contribution >= 4 is 76.3 Å². The molecule has 2 amide bonds. The minimum atomic E-state index is -1.24. The summed E-state index contributed by atoms with van der Waals surface area (Å²) in [5.74, 6) is -2.25. The zero-order valence-corrected chi connectivity index (χ0v) is 25.3. The Bertz CT molecular complexity index is 1590. The van der Waals surface area contributed by atoms with Crippen molar-refractivity contribution in [1.29, 1.82) is 5.41 Å². The molecule has 1 saturated heterocycles. The SMILES string of the molecule is CCO/N=C(\C(=O)N[C@@H]1C(=O)N2C(C(=O)O)=C(Sc3nc(-c4cc[n+](C)cc4)cs3)CS[C@H]12)c1nsc(COC=N)n1. The van der Waals surface area contributed by atoms with Crippen molar-refractivity contribution in [2.24, 2.45) is 12.2 Å². The number of hydrogen-bond donors (Lipinski definition) is 3. The van der Waals surface area contributed by atoms with Crippen LogP contribution in [0.5, 0.6) is 0 Å². The monoisotopic (exact) mass is 647 g/mol. The Morgan fingerprint density at radius 1 is 1.36 bits per heavy atom. The number of carboxylic acids is 1. The summed E-state index contributed by atoms with van der Waals surface area (Å²) in [6.45, 7) is 1.86. The molecular weight excluding hydrogens is 625 g/mol. The number of thiazole rings is 1. The lowest BCUT2D eigenvalue weighted by Crippen LogP contribution is -2.71. The minimum absolute atomic E-state index is 0.00243. The van der Waals surface area contributed by atoms with E-state index in [1.54, 1.807) is 6.92 Å². The maximum atomic E-state index is 13.2. The molecule has 0 saturated carbocycles. The number of aliphatic carboxylic acids is 1. The number of carbonyl (C=O) groups excluding carboxylic acids is 2. The van der Waals surface area contributed by atoms with E-state index in [4.69, 9.17) is 15.0 Å². The van der Waals surface area contributed by atoms with E-state index in [2.05, 4.69) is 24.8 Å². The van der Waals surface area contributed by atoms with E-state index in [-0.39, 0.29) is 30.4 Å². The van der Waals surface area contributed by atoms with Crippen LogP contribution in [0.1, 0.15) is 17.8 Å². The Morgan fingerprint density at radius 3 is 2.86 bits per heavy atom. The third kappa shape index (κ3) is 6.15. The van der Waals surface area contributed by atoms with Gasteiger partial charge in [0.05, 0.1) is 5.69 Å². The number of fused-ring (bicyclic) bond motifs is 1. The van der Waals surface area contributed by atoms with Crippen LogP contribution in [-0.2, 0) is 37.6 Å². The maximum absolute atomic E-state index is 13.2. The topological polar surface area (TPSA) is 184 Å². The molecule has 2 atom stereocenters. The number of nitrogens with zero attached hydrogens (tertiary/aromatic N) is 6. The first-order chi connectivity index (χ1) is 20.3. The first-order valence-corrected chi connectivity index (χ1v) is 15.8. The summed E-state index contributed by atoms with van der Waals surface area (Å²) >= 11 is 4.92. The van der Waals surface area contributed by atoms with E-state index in [1.807, 2.05) is 41.5 Å². The van der Waals surface area contributed by atoms with Gasteiger partial charge in [0.25, 0.3) is 11.8 Å². The molecule has 0 aliphatic carbocycles. The Balaban J connectivity index is 1.31. The van der Waals surface area contributed by atoms with Gasteiger partial charge in [-0.15, -0.1) is 23.1 Å². The van der Waals surface area contributed by atoms with Crippen LogP contribution in [0.3, 0.4) is 0 Å². The molecule has 18 heteroatoms. The Labute approximate surface area is 255 Å². The number of ether oxygens (including phenoxy) is 1. The highest BCUT2D eigenvalue weighted by Gasteiger charge is 2.54. The number of aryl methyl sites for hydroxylation is 1. The molecule has 0 radical (unpaired) electrons. The maximum Gasteiger partial charge on any atom is 0.353 e. The van der Waals surface area contributed by atoms with Crippen LogP contribution in [0, 0.1) is 5.41 Å². The van der Waals surface area contributed by atoms with Gasteiger partial charge in [0, 0.05) is 33.7 Å². The van der Waals surface area contributed by atoms with Crippen molar-refractivity contribution in [3.63, 3.8) is 0 Å². The van der Waals surface area contributed by atoms with Gasteiger partial charge in [0.15, 0.2) is 28.1 Å². The van der Waals surface area contributed by atoms with Crippen LogP contribution < -0.4 is 9.88 Å². The summed E-state index contributed by atoms with van der Waals surface area (Å²) in [4.78, 5) is 54.3. The van der Waals surface area contributed by atoms with Gasteiger partial charge in [0.1, 0.15) is 37.4 Å². The highest BCUT2D eigenvalue weighted by Crippen LogP contribution is 2.46. The van der Waals surface area contributed by atoms with E-state index in [0.717, 1.165) is 29.2 Å². The second kappa shape index (κ2) is 13.0. The lowest BCUT2D eigenvalue weighted by Gasteiger charge is -2.49. The molecule has 5 heterocycles. The second-order valence-electron chi connectivity index (χ2n) is 8.59. The molecule has 0 aromatic carbocycles. The van der Waals surface area contributed by atoms with Gasteiger partial charge in [-0.3, -0.25) is 19.9 Å². The van der Waals surface area contributed by atoms with Crippen LogP contribution in [-0.4, -0.2) is 78.0 Å². The molecule has 2 aliphatic rings. The molecule has 5 rings (SSSR count). The molecule has 3 N–H and O–H groups in total. The number of aromatic nitrogens is 4. The molecule has 14 nitrogen and oxygen atoms in total. The summed E-state index contributed by atoms with van der Waals surface area (Å²) in [6, 6.07) is 2.90. The summed E-state index contributed by atoms with van der Waals surface area (Å²) in [7, 11) is 1.92. The quantitative estimate of drug-likeness (QED) is 0.0857. The van der Waals surface area contributed by atoms with Gasteiger partial charge in [-0.05, 0) is 18.5 Å². The largest absolute Gasteiger partial charge is 0.477 e. The number of amides is 2. The van der Waals surface area contributed by atoms with Crippen molar-refractivity contribution in [3.8, 4) is 11.3 Å². The van der Waals surface area contributed by atoms with E-state index in [0.29, 0.717) is 20.0 Å². The van der Waals surface area contributed by atoms with Crippen LogP contribution in [0.2, 0.25) is 0 Å². The van der Waals surface area contributed by atoms with Gasteiger partial charge < -0.3 is 20.0 Å². The fourth-order valence-electron chi connectivity index (χ4n) is 3.93. The highest BCUT2D eigenvalue weighted by molar-refractivity contribution is 8.07. The van der Waals surface area contributed by atoms with Crippen LogP contribution in [0.25, 0.3) is 11.3 Å². The van der Waals surface area contributed by atoms with E-state index >= 15 is 0 Å². The Morgan fingerprint density at radius 2 is 2.14 bits per heavy atom. The van der Waals surface area contributed by atoms with E-state index in [9.17, 15) is 19.5 Å². The van der Waals surface area contributed by atoms with Gasteiger partial charge in [-0.1, -0.05) is 16.9 Å². The molecule has 3 aromatic rings. The summed E-state index contributed by atoms with van der Waals surface area (Å²) in [5.41, 5.74) is 1.36. The highest BCUT2D eigenvalue weighted by atomic mass is 32.2. The van der Waals surface area contributed by atoms with Gasteiger partial charge >= 0.3 is 5.97 Å². The Hall–Kier alpha value is -3.87. The predicted molar refractivity (Wildman–Crippen MR) is 156 cm³/mol. The van der Waals surface area contributed by atoms with Crippen molar-refractivity contribution in [3.05, 3.63) is 51.3 Å². The fourth-order valence-corrected chi connectivity index (χ4v) is 7.96. The molecule has 3 aromatic heterocycles. The van der Waals surface area contributed by atoms with E-state index in [1.165, 1.54) is 39.8 Å². The third-order valence-electron chi connectivity index (χ3n) is 5.86. The van der Waals surface area contributed by atoms with Crippen LogP contribution >= 0.6 is 46.4 Å². The summed E-state index contributed by atoms with van der Waals surface area (Å²) in [5, 5.41) is 25.2. The van der Waals surface area contributed by atoms with E-state index < -0.39 is 29.2 Å². The number of nitrogens with one attached hydrogen (secondary N) is 2. The fraction of sp³-hybridized carbons (Fsp3) is 0.292. The Kier molecular flexibility index (Phi) is 9.15. The van der Waals surface area contributed by atoms with Crippen LogP contribution in [0.15, 0.2) is 50.0 Å². The number of thioether (sulfide) groups is 2. The van der Waals surface area contributed by atoms with Gasteiger partial charge in [-0.2, -0.15) is 4.37 Å². The normalized spacial score (nSPS) is 18.3. The van der Waals surface area contributed by atoms with Crippen molar-refractivity contribution < 1.29 is 33.6 Å². The molecular formula is C24H23N8O6S4+. The summed E-state index contributed by atoms with van der Waals surface area (Å²) in [6.07, 6.45) is 4.60. The molecule has 0 unspecified atom stereocenters. The smallest absolute Gasteiger partial charge is 0.353 e. The second-order valence-corrected chi connectivity index (χ2v) is 12.7. The minimum Gasteiger partial charge on any atom is -0.477 e. The average Bonchev–Trinajstić information content (AvgIpc) is 3.65. The molecule has 42 heavy (non-hydrogen) atoms. The number of pyridine rings is 1. The van der Waals surface area contributed by atoms with Crippen molar-refractivity contribution in [2.45, 2.75) is 29.3 Å². The first-order valence-electron chi connectivity index (χ1n) is 12.2. The van der Waals surface area contributed by atoms with Crippen molar-refractivity contribution in [2.75, 3.05) is 12.4 Å². The predicted octanol–water partition coefficient (Wildman–Crippen LogP) is 1.84. The molecule has 0 bridgehead atoms. The van der Waals surface area contributed by atoms with Gasteiger partial charge in [-0.25, -0.2) is 19.3 Å². The summed E-state index contributed by atoms with van der Waals surface area (Å²) < 4.78 is 11.6. The van der Waals surface area contributed by atoms with Gasteiger partial charge in [0.2, 0.25) is 11.5 Å². The third-order valence-corrected chi connectivity index (χ3v) is 10.0. The zero-order chi connectivity index (χ0) is 29.8. The number of carboxylic acid groups (broad SMARTS) is 1. The lowest BCUT2D eigenvalue weighted by molar-refractivity contribution is -0.671. The number of carbonyl (C=O) groups is 3. The van der Waals surface area contributed by atoms with Crippen LogP contribution in [0.4, 0.5) is 0 Å². The number of hydrogen-bond acceptors (Lipinski definition) is 14. The zero-order valence-electron chi connectivity index (χ0n) is 22.0. The molecule has 0 spiro atoms. The standard InChI is InChI=1S/C24H22N8O6S4/c1-3-38-29-16(19-27-15(42-30-19)8-37-11-25)20(33)28-17-21(34)32-18(23(35)36)14(10-39-22(17)32)41-24-26-13(9-40-24)12-4-6-31(2)7-5-12/h4-7,9,11,17,22,25H,3,8,10H2,1-2H3,(H-,28,33,35,36)/p+1/b25-11?,29-16-/t17-,22-/m1/s1. The number of oxime groups is 1.